The van der Waals surface area contributed by atoms with Crippen LogP contribution in [0.15, 0.2) is 24.3 Å². The summed E-state index contributed by atoms with van der Waals surface area (Å²) in [5.74, 6) is 0.792. The maximum Gasteiger partial charge on any atom is 0.407 e. The van der Waals surface area contributed by atoms with Crippen LogP contribution < -0.4 is 20.7 Å². The van der Waals surface area contributed by atoms with Crippen molar-refractivity contribution < 1.29 is 24.1 Å². The van der Waals surface area contributed by atoms with Crippen LogP contribution in [-0.4, -0.2) is 100 Å². The van der Waals surface area contributed by atoms with Gasteiger partial charge < -0.3 is 35.3 Å². The van der Waals surface area contributed by atoms with Gasteiger partial charge in [0.1, 0.15) is 18.0 Å². The Morgan fingerprint density at radius 2 is 2.00 bits per heavy atom. The number of β-amino-alcohol motifs (C(OH)–C–C–N with tert-alkyl or cyclic N) is 1. The molecule has 1 aromatic carbocycles. The Kier molecular flexibility index (Phi) is 9.16. The first-order valence-electron chi connectivity index (χ1n) is 10.7. The summed E-state index contributed by atoms with van der Waals surface area (Å²) < 4.78 is 16.3. The lowest BCUT2D eigenvalue weighted by atomic mass is 10.0. The molecular formula is C21H34N4O5. The van der Waals surface area contributed by atoms with Crippen LogP contribution in [0.3, 0.4) is 0 Å². The van der Waals surface area contributed by atoms with Crippen molar-refractivity contribution in [2.75, 3.05) is 66.1 Å². The molecule has 0 unspecified atom stereocenters. The van der Waals surface area contributed by atoms with Crippen LogP contribution in [0.25, 0.3) is 0 Å². The summed E-state index contributed by atoms with van der Waals surface area (Å²) in [5, 5.41) is 19.5. The number of aliphatic hydroxyl groups is 1. The number of rotatable bonds is 10. The minimum absolute atomic E-state index is 0.144. The second kappa shape index (κ2) is 12.1. The van der Waals surface area contributed by atoms with E-state index in [1.807, 2.05) is 24.3 Å². The summed E-state index contributed by atoms with van der Waals surface area (Å²) in [4.78, 5) is 14.5. The first-order valence-corrected chi connectivity index (χ1v) is 10.7. The fourth-order valence-corrected chi connectivity index (χ4v) is 3.76. The van der Waals surface area contributed by atoms with Gasteiger partial charge in [0.05, 0.1) is 26.4 Å². The molecule has 0 radical (unpaired) electrons. The number of ether oxygens (including phenoxy) is 3. The molecule has 0 aromatic heterocycles. The molecule has 0 spiro atoms. The fraction of sp³-hybridized carbons (Fsp3) is 0.667. The minimum Gasteiger partial charge on any atom is -0.497 e. The van der Waals surface area contributed by atoms with Gasteiger partial charge in [0.15, 0.2) is 0 Å². The van der Waals surface area contributed by atoms with Gasteiger partial charge in [-0.1, -0.05) is 12.1 Å². The Bertz CT molecular complexity index is 639. The number of nitrogens with zero attached hydrogens (tertiary/aromatic N) is 1. The SMILES string of the molecule is COc1ccc(C[C@H]2NC[C@H](O)[C@H]2OC(=O)NCCOCCN2CCNCC2)cc1. The Hall–Kier alpha value is -1.91. The van der Waals surface area contributed by atoms with E-state index in [4.69, 9.17) is 14.2 Å². The lowest BCUT2D eigenvalue weighted by Crippen LogP contribution is -2.44. The second-order valence-electron chi connectivity index (χ2n) is 7.64. The standard InChI is InChI=1S/C21H34N4O5/c1-28-17-4-2-16(3-5-17)14-18-20(19(26)15-24-18)30-21(27)23-8-12-29-13-11-25-9-6-22-7-10-25/h2-5,18-20,22,24,26H,6-15H2,1H3,(H,23,27)/t18-,19+,20+/m1/s1. The maximum absolute atomic E-state index is 12.1. The van der Waals surface area contributed by atoms with Crippen molar-refractivity contribution in [1.82, 2.24) is 20.9 Å². The molecular weight excluding hydrogens is 388 g/mol. The van der Waals surface area contributed by atoms with Gasteiger partial charge in [0.2, 0.25) is 0 Å². The van der Waals surface area contributed by atoms with Gasteiger partial charge in [-0.3, -0.25) is 4.90 Å². The van der Waals surface area contributed by atoms with E-state index in [1.165, 1.54) is 0 Å². The summed E-state index contributed by atoms with van der Waals surface area (Å²) in [6.07, 6.45) is -1.21. The van der Waals surface area contributed by atoms with Gasteiger partial charge in [-0.05, 0) is 24.1 Å². The predicted molar refractivity (Wildman–Crippen MR) is 113 cm³/mol. The number of hydrogen-bond donors (Lipinski definition) is 4. The molecule has 4 N–H and O–H groups in total. The average molecular weight is 423 g/mol. The van der Waals surface area contributed by atoms with Gasteiger partial charge in [-0.2, -0.15) is 0 Å². The summed E-state index contributed by atoms with van der Waals surface area (Å²) in [5.41, 5.74) is 1.08. The summed E-state index contributed by atoms with van der Waals surface area (Å²) >= 11 is 0. The zero-order valence-corrected chi connectivity index (χ0v) is 17.6. The van der Waals surface area contributed by atoms with E-state index >= 15 is 0 Å². The lowest BCUT2D eigenvalue weighted by Gasteiger charge is -2.26. The van der Waals surface area contributed by atoms with Gasteiger partial charge in [-0.15, -0.1) is 0 Å². The van der Waals surface area contributed by atoms with Gasteiger partial charge in [0.25, 0.3) is 0 Å². The van der Waals surface area contributed by atoms with Crippen molar-refractivity contribution in [3.8, 4) is 5.75 Å². The molecule has 0 saturated carbocycles. The molecule has 9 heteroatoms. The molecule has 30 heavy (non-hydrogen) atoms. The van der Waals surface area contributed by atoms with Crippen LogP contribution in [0.5, 0.6) is 5.75 Å². The quantitative estimate of drug-likeness (QED) is 0.377. The van der Waals surface area contributed by atoms with Crippen LogP contribution in [-0.2, 0) is 15.9 Å². The highest BCUT2D eigenvalue weighted by Gasteiger charge is 2.37. The molecule has 168 valence electrons. The van der Waals surface area contributed by atoms with E-state index in [1.54, 1.807) is 7.11 Å². The largest absolute Gasteiger partial charge is 0.497 e. The monoisotopic (exact) mass is 422 g/mol. The number of alkyl carbamates (subject to hydrolysis) is 1. The van der Waals surface area contributed by atoms with Crippen molar-refractivity contribution >= 4 is 6.09 Å². The molecule has 2 fully saturated rings. The topological polar surface area (TPSA) is 104 Å². The number of amides is 1. The smallest absolute Gasteiger partial charge is 0.407 e. The first kappa shape index (κ1) is 22.8. The Balaban J connectivity index is 1.33. The number of carbonyl (C=O) groups is 1. The zero-order chi connectivity index (χ0) is 21.2. The highest BCUT2D eigenvalue weighted by atomic mass is 16.6. The predicted octanol–water partition coefficient (Wildman–Crippen LogP) is -0.413. The molecule has 1 amide bonds. The minimum atomic E-state index is -0.728. The molecule has 2 saturated heterocycles. The number of methoxy groups -OCH3 is 1. The van der Waals surface area contributed by atoms with E-state index < -0.39 is 18.3 Å². The average Bonchev–Trinajstić information content (AvgIpc) is 3.11. The van der Waals surface area contributed by atoms with Crippen molar-refractivity contribution in [1.29, 1.82) is 0 Å². The fourth-order valence-electron chi connectivity index (χ4n) is 3.76. The van der Waals surface area contributed by atoms with Crippen LogP contribution in [0, 0.1) is 0 Å². The number of nitrogens with one attached hydrogen (secondary N) is 3. The molecule has 3 atom stereocenters. The number of carbonyl (C=O) groups excluding carboxylic acids is 1. The third kappa shape index (κ3) is 7.10. The van der Waals surface area contributed by atoms with Crippen LogP contribution in [0.4, 0.5) is 4.79 Å². The molecule has 3 rings (SSSR count). The molecule has 0 aliphatic carbocycles. The van der Waals surface area contributed by atoms with Crippen molar-refractivity contribution in [2.24, 2.45) is 0 Å². The normalized spacial score (nSPS) is 24.5. The van der Waals surface area contributed by atoms with Crippen LogP contribution in [0.2, 0.25) is 0 Å². The van der Waals surface area contributed by atoms with Crippen molar-refractivity contribution in [2.45, 2.75) is 24.7 Å². The van der Waals surface area contributed by atoms with Crippen LogP contribution in [0.1, 0.15) is 5.56 Å². The van der Waals surface area contributed by atoms with E-state index in [0.717, 1.165) is 44.0 Å². The molecule has 2 aliphatic heterocycles. The zero-order valence-electron chi connectivity index (χ0n) is 17.6. The number of hydrogen-bond acceptors (Lipinski definition) is 8. The van der Waals surface area contributed by atoms with Gasteiger partial charge >= 0.3 is 6.09 Å². The Labute approximate surface area is 178 Å². The maximum atomic E-state index is 12.1. The third-order valence-corrected chi connectivity index (χ3v) is 5.50. The summed E-state index contributed by atoms with van der Waals surface area (Å²) in [6, 6.07) is 7.59. The summed E-state index contributed by atoms with van der Waals surface area (Å²) in [7, 11) is 1.63. The number of benzene rings is 1. The molecule has 9 nitrogen and oxygen atoms in total. The van der Waals surface area contributed by atoms with Crippen molar-refractivity contribution in [3.63, 3.8) is 0 Å². The second-order valence-corrected chi connectivity index (χ2v) is 7.64. The Morgan fingerprint density at radius 3 is 2.73 bits per heavy atom. The molecule has 0 bridgehead atoms. The van der Waals surface area contributed by atoms with Gasteiger partial charge in [-0.25, -0.2) is 4.79 Å². The van der Waals surface area contributed by atoms with Gasteiger partial charge in [0, 0.05) is 45.8 Å². The lowest BCUT2D eigenvalue weighted by molar-refractivity contribution is 0.0177. The number of piperazine rings is 1. The molecule has 2 heterocycles. The highest BCUT2D eigenvalue weighted by Crippen LogP contribution is 2.19. The molecule has 1 aromatic rings. The van der Waals surface area contributed by atoms with Crippen LogP contribution >= 0.6 is 0 Å². The van der Waals surface area contributed by atoms with E-state index in [9.17, 15) is 9.90 Å². The molecule has 2 aliphatic rings. The third-order valence-electron chi connectivity index (χ3n) is 5.50. The van der Waals surface area contributed by atoms with E-state index in [0.29, 0.717) is 32.7 Å². The number of aliphatic hydroxyl groups excluding tert-OH is 1. The van der Waals surface area contributed by atoms with E-state index in [2.05, 4.69) is 20.9 Å². The van der Waals surface area contributed by atoms with Crippen molar-refractivity contribution in [3.05, 3.63) is 29.8 Å². The summed E-state index contributed by atoms with van der Waals surface area (Å²) in [6.45, 7) is 6.89. The van der Waals surface area contributed by atoms with E-state index in [-0.39, 0.29) is 6.04 Å². The highest BCUT2D eigenvalue weighted by molar-refractivity contribution is 5.67. The first-order chi connectivity index (χ1) is 14.7. The Morgan fingerprint density at radius 1 is 1.23 bits per heavy atom.